The fourth-order valence-corrected chi connectivity index (χ4v) is 2.23. The van der Waals surface area contributed by atoms with Gasteiger partial charge >= 0.3 is 0 Å². The van der Waals surface area contributed by atoms with Crippen LogP contribution in [0.25, 0.3) is 0 Å². The molecule has 0 heterocycles. The molecule has 1 aliphatic rings. The summed E-state index contributed by atoms with van der Waals surface area (Å²) < 4.78 is 0. The van der Waals surface area contributed by atoms with Gasteiger partial charge in [-0.05, 0) is 30.9 Å². The van der Waals surface area contributed by atoms with Crippen molar-refractivity contribution in [3.63, 3.8) is 0 Å². The summed E-state index contributed by atoms with van der Waals surface area (Å²) in [5.74, 6) is 0.459. The van der Waals surface area contributed by atoms with E-state index < -0.39 is 0 Å². The van der Waals surface area contributed by atoms with Crippen molar-refractivity contribution in [2.45, 2.75) is 32.7 Å². The Kier molecular flexibility index (Phi) is 3.81. The summed E-state index contributed by atoms with van der Waals surface area (Å²) in [5, 5.41) is 0.446. The van der Waals surface area contributed by atoms with Crippen LogP contribution in [0, 0.1) is 5.92 Å². The molecule has 0 aromatic heterocycles. The van der Waals surface area contributed by atoms with Crippen LogP contribution in [-0.2, 0) is 0 Å². The summed E-state index contributed by atoms with van der Waals surface area (Å²) in [4.78, 5) is 14.5. The van der Waals surface area contributed by atoms with Gasteiger partial charge in [0.2, 0.25) is 0 Å². The highest BCUT2D eigenvalue weighted by Crippen LogP contribution is 2.31. The second kappa shape index (κ2) is 5.19. The van der Waals surface area contributed by atoms with Gasteiger partial charge in [0.25, 0.3) is 5.91 Å². The maximum atomic E-state index is 12.5. The van der Waals surface area contributed by atoms with Gasteiger partial charge in [-0.2, -0.15) is 0 Å². The third kappa shape index (κ3) is 2.78. The molecular weight excluding hydrogens is 248 g/mol. The van der Waals surface area contributed by atoms with Crippen LogP contribution < -0.4 is 5.73 Å². The number of nitrogen functional groups attached to an aromatic ring is 1. The van der Waals surface area contributed by atoms with Gasteiger partial charge in [0.05, 0.1) is 16.3 Å². The maximum absolute atomic E-state index is 12.5. The fraction of sp³-hybridized carbons (Fsp3) is 0.500. The van der Waals surface area contributed by atoms with Gasteiger partial charge in [0.15, 0.2) is 0 Å². The minimum atomic E-state index is 0.00574. The van der Waals surface area contributed by atoms with E-state index in [9.17, 15) is 4.79 Å². The van der Waals surface area contributed by atoms with Gasteiger partial charge in [0, 0.05) is 12.6 Å². The molecule has 1 amide bonds. The SMILES string of the molecule is CC(C)CN(C(=O)c1cccc(Cl)c1N)C1CC1. The third-order valence-electron chi connectivity index (χ3n) is 3.09. The fourth-order valence-electron chi connectivity index (χ4n) is 2.06. The molecular formula is C14H19ClN2O. The van der Waals surface area contributed by atoms with E-state index in [1.165, 1.54) is 0 Å². The van der Waals surface area contributed by atoms with E-state index in [4.69, 9.17) is 17.3 Å². The number of hydrogen-bond donors (Lipinski definition) is 1. The van der Waals surface area contributed by atoms with Crippen molar-refractivity contribution >= 4 is 23.2 Å². The Balaban J connectivity index is 2.25. The number of nitrogens with two attached hydrogens (primary N) is 1. The Labute approximate surface area is 113 Å². The highest BCUT2D eigenvalue weighted by atomic mass is 35.5. The normalized spacial score (nSPS) is 14.9. The second-order valence-corrected chi connectivity index (χ2v) is 5.69. The van der Waals surface area contributed by atoms with E-state index in [0.29, 0.717) is 28.2 Å². The molecule has 0 saturated heterocycles. The first-order valence-electron chi connectivity index (χ1n) is 6.35. The second-order valence-electron chi connectivity index (χ2n) is 5.28. The highest BCUT2D eigenvalue weighted by molar-refractivity contribution is 6.33. The third-order valence-corrected chi connectivity index (χ3v) is 3.42. The summed E-state index contributed by atoms with van der Waals surface area (Å²) in [6.07, 6.45) is 2.19. The Hall–Kier alpha value is -1.22. The van der Waals surface area contributed by atoms with Gasteiger partial charge in [-0.3, -0.25) is 4.79 Å². The molecule has 2 N–H and O–H groups in total. The van der Waals surface area contributed by atoms with E-state index >= 15 is 0 Å². The lowest BCUT2D eigenvalue weighted by Gasteiger charge is -2.25. The van der Waals surface area contributed by atoms with Crippen molar-refractivity contribution in [2.75, 3.05) is 12.3 Å². The molecule has 0 unspecified atom stereocenters. The molecule has 2 rings (SSSR count). The van der Waals surface area contributed by atoms with E-state index in [1.807, 2.05) is 4.90 Å². The number of anilines is 1. The van der Waals surface area contributed by atoms with Gasteiger partial charge in [0.1, 0.15) is 0 Å². The number of halogens is 1. The molecule has 1 aromatic rings. The number of para-hydroxylation sites is 1. The zero-order valence-electron chi connectivity index (χ0n) is 10.8. The zero-order valence-corrected chi connectivity index (χ0v) is 11.6. The number of amides is 1. The lowest BCUT2D eigenvalue weighted by atomic mass is 10.1. The standard InChI is InChI=1S/C14H19ClN2O/c1-9(2)8-17(10-6-7-10)14(18)11-4-3-5-12(15)13(11)16/h3-5,9-10H,6-8,16H2,1-2H3. The molecule has 1 saturated carbocycles. The first kappa shape index (κ1) is 13.2. The van der Waals surface area contributed by atoms with Gasteiger partial charge in [-0.25, -0.2) is 0 Å². The van der Waals surface area contributed by atoms with E-state index in [-0.39, 0.29) is 5.91 Å². The molecule has 0 aliphatic heterocycles. The van der Waals surface area contributed by atoms with Crippen molar-refractivity contribution in [1.82, 2.24) is 4.90 Å². The Morgan fingerprint density at radius 3 is 2.72 bits per heavy atom. The Bertz CT molecular complexity index is 455. The molecule has 0 spiro atoms. The lowest BCUT2D eigenvalue weighted by Crippen LogP contribution is -2.36. The molecule has 1 aliphatic carbocycles. The van der Waals surface area contributed by atoms with Crippen LogP contribution in [0.3, 0.4) is 0 Å². The summed E-state index contributed by atoms with van der Waals surface area (Å²) in [7, 11) is 0. The van der Waals surface area contributed by atoms with Crippen molar-refractivity contribution in [2.24, 2.45) is 5.92 Å². The largest absolute Gasteiger partial charge is 0.397 e. The number of hydrogen-bond acceptors (Lipinski definition) is 2. The monoisotopic (exact) mass is 266 g/mol. The summed E-state index contributed by atoms with van der Waals surface area (Å²) in [6.45, 7) is 5.00. The van der Waals surface area contributed by atoms with Crippen LogP contribution >= 0.6 is 11.6 Å². The van der Waals surface area contributed by atoms with Crippen molar-refractivity contribution in [1.29, 1.82) is 0 Å². The van der Waals surface area contributed by atoms with E-state index in [1.54, 1.807) is 18.2 Å². The highest BCUT2D eigenvalue weighted by Gasteiger charge is 2.34. The average molecular weight is 267 g/mol. The molecule has 18 heavy (non-hydrogen) atoms. The molecule has 3 nitrogen and oxygen atoms in total. The minimum absolute atomic E-state index is 0.00574. The summed E-state index contributed by atoms with van der Waals surface area (Å²) in [6, 6.07) is 5.61. The predicted octanol–water partition coefficient (Wildman–Crippen LogP) is 3.18. The molecule has 0 bridgehead atoms. The van der Waals surface area contributed by atoms with E-state index in [2.05, 4.69) is 13.8 Å². The number of rotatable bonds is 4. The smallest absolute Gasteiger partial charge is 0.256 e. The van der Waals surface area contributed by atoms with Crippen LogP contribution in [0.2, 0.25) is 5.02 Å². The molecule has 4 heteroatoms. The quantitative estimate of drug-likeness (QED) is 0.851. The Morgan fingerprint density at radius 2 is 2.17 bits per heavy atom. The van der Waals surface area contributed by atoms with Crippen LogP contribution in [-0.4, -0.2) is 23.4 Å². The van der Waals surface area contributed by atoms with Crippen molar-refractivity contribution < 1.29 is 4.79 Å². The van der Waals surface area contributed by atoms with Gasteiger partial charge in [-0.1, -0.05) is 31.5 Å². The lowest BCUT2D eigenvalue weighted by molar-refractivity contribution is 0.0723. The number of benzene rings is 1. The van der Waals surface area contributed by atoms with Crippen LogP contribution in [0.4, 0.5) is 5.69 Å². The molecule has 1 aromatic carbocycles. The van der Waals surface area contributed by atoms with E-state index in [0.717, 1.165) is 19.4 Å². The maximum Gasteiger partial charge on any atom is 0.256 e. The molecule has 1 fully saturated rings. The van der Waals surface area contributed by atoms with Crippen LogP contribution in [0.1, 0.15) is 37.0 Å². The molecule has 98 valence electrons. The number of nitrogens with zero attached hydrogens (tertiary/aromatic N) is 1. The average Bonchev–Trinajstić information content (AvgIpc) is 3.12. The first-order valence-corrected chi connectivity index (χ1v) is 6.73. The topological polar surface area (TPSA) is 46.3 Å². The number of carbonyl (C=O) groups is 1. The zero-order chi connectivity index (χ0) is 13.3. The van der Waals surface area contributed by atoms with Crippen LogP contribution in [0.5, 0.6) is 0 Å². The minimum Gasteiger partial charge on any atom is -0.397 e. The summed E-state index contributed by atoms with van der Waals surface area (Å²) in [5.41, 5.74) is 6.80. The van der Waals surface area contributed by atoms with Gasteiger partial charge < -0.3 is 10.6 Å². The molecule has 0 radical (unpaired) electrons. The first-order chi connectivity index (χ1) is 8.50. The van der Waals surface area contributed by atoms with Crippen molar-refractivity contribution in [3.8, 4) is 0 Å². The molecule has 0 atom stereocenters. The Morgan fingerprint density at radius 1 is 1.50 bits per heavy atom. The summed E-state index contributed by atoms with van der Waals surface area (Å²) >= 11 is 5.97. The predicted molar refractivity (Wildman–Crippen MR) is 74.8 cm³/mol. The van der Waals surface area contributed by atoms with Crippen LogP contribution in [0.15, 0.2) is 18.2 Å². The number of carbonyl (C=O) groups excluding carboxylic acids is 1. The van der Waals surface area contributed by atoms with Crippen molar-refractivity contribution in [3.05, 3.63) is 28.8 Å². The van der Waals surface area contributed by atoms with Gasteiger partial charge in [-0.15, -0.1) is 0 Å².